The van der Waals surface area contributed by atoms with Crippen molar-refractivity contribution in [3.8, 4) is 34.0 Å². The Hall–Kier alpha value is -4.53. The molecule has 9 nitrogen and oxygen atoms in total. The van der Waals surface area contributed by atoms with Crippen LogP contribution in [0.5, 0.6) is 11.5 Å². The van der Waals surface area contributed by atoms with Crippen molar-refractivity contribution in [3.05, 3.63) is 77.4 Å². The molecule has 0 bridgehead atoms. The van der Waals surface area contributed by atoms with Gasteiger partial charge in [0.15, 0.2) is 0 Å². The van der Waals surface area contributed by atoms with Gasteiger partial charge >= 0.3 is 11.9 Å². The predicted molar refractivity (Wildman–Crippen MR) is 142 cm³/mol. The van der Waals surface area contributed by atoms with Gasteiger partial charge in [0.1, 0.15) is 23.0 Å². The molecule has 0 saturated carbocycles. The van der Waals surface area contributed by atoms with Gasteiger partial charge in [-0.25, -0.2) is 9.78 Å². The number of carbonyl (C=O) groups excluding carboxylic acids is 2. The van der Waals surface area contributed by atoms with Gasteiger partial charge in [-0.05, 0) is 73.5 Å². The number of rotatable bonds is 11. The van der Waals surface area contributed by atoms with Crippen LogP contribution in [0.3, 0.4) is 0 Å². The molecule has 198 valence electrons. The molecule has 2 aromatic heterocycles. The molecule has 38 heavy (non-hydrogen) atoms. The first-order chi connectivity index (χ1) is 18.5. The first-order valence-corrected chi connectivity index (χ1v) is 12.4. The van der Waals surface area contributed by atoms with E-state index in [-0.39, 0.29) is 25.3 Å². The maximum atomic E-state index is 12.6. The third kappa shape index (κ3) is 5.88. The Labute approximate surface area is 221 Å². The second-order valence-electron chi connectivity index (χ2n) is 8.41. The number of esters is 2. The molecule has 0 radical (unpaired) electrons. The summed E-state index contributed by atoms with van der Waals surface area (Å²) < 4.78 is 20.9. The second kappa shape index (κ2) is 12.1. The standard InChI is InChI=1S/C29H31N3O6/c1-5-37-25(33)16-23-20(17-30-28(23)29(34)38-6-2)15-24-31-26(18-7-11-21(35-3)12-8-18)27(32-24)19-9-13-22(36-4)14-10-19/h7-14,17,30H,5-6,15-16H2,1-4H3,(H,31,32). The Bertz CT molecular complexity index is 1320. The first-order valence-electron chi connectivity index (χ1n) is 12.4. The van der Waals surface area contributed by atoms with E-state index in [2.05, 4.69) is 9.97 Å². The fourth-order valence-corrected chi connectivity index (χ4v) is 4.21. The molecule has 2 aromatic carbocycles. The van der Waals surface area contributed by atoms with Crippen LogP contribution in [0.4, 0.5) is 0 Å². The van der Waals surface area contributed by atoms with Crippen molar-refractivity contribution in [3.63, 3.8) is 0 Å². The molecule has 0 aliphatic heterocycles. The van der Waals surface area contributed by atoms with Gasteiger partial charge in [0.05, 0.1) is 45.2 Å². The number of nitrogens with zero attached hydrogens (tertiary/aromatic N) is 1. The fourth-order valence-electron chi connectivity index (χ4n) is 4.21. The van der Waals surface area contributed by atoms with Crippen molar-refractivity contribution >= 4 is 11.9 Å². The Morgan fingerprint density at radius 1 is 0.842 bits per heavy atom. The molecule has 0 spiro atoms. The largest absolute Gasteiger partial charge is 0.497 e. The van der Waals surface area contributed by atoms with Gasteiger partial charge in [-0.3, -0.25) is 4.79 Å². The van der Waals surface area contributed by atoms with E-state index < -0.39 is 11.9 Å². The molecule has 0 aliphatic rings. The molecule has 0 saturated heterocycles. The van der Waals surface area contributed by atoms with E-state index in [0.717, 1.165) is 39.6 Å². The number of nitrogens with one attached hydrogen (secondary N) is 2. The third-order valence-electron chi connectivity index (χ3n) is 6.04. The fraction of sp³-hybridized carbons (Fsp3) is 0.276. The molecule has 4 aromatic rings. The van der Waals surface area contributed by atoms with Crippen LogP contribution in [-0.2, 0) is 27.1 Å². The van der Waals surface area contributed by atoms with Gasteiger partial charge in [0.2, 0.25) is 0 Å². The Kier molecular flexibility index (Phi) is 8.47. The van der Waals surface area contributed by atoms with Gasteiger partial charge in [0.25, 0.3) is 0 Å². The predicted octanol–water partition coefficient (Wildman–Crippen LogP) is 4.96. The number of H-pyrrole nitrogens is 2. The van der Waals surface area contributed by atoms with E-state index in [4.69, 9.17) is 23.9 Å². The van der Waals surface area contributed by atoms with Crippen LogP contribution in [0.1, 0.15) is 41.3 Å². The molecular weight excluding hydrogens is 486 g/mol. The molecule has 0 unspecified atom stereocenters. The van der Waals surface area contributed by atoms with E-state index >= 15 is 0 Å². The summed E-state index contributed by atoms with van der Waals surface area (Å²) >= 11 is 0. The first kappa shape index (κ1) is 26.5. The lowest BCUT2D eigenvalue weighted by Crippen LogP contribution is -2.14. The zero-order chi connectivity index (χ0) is 27.1. The molecule has 0 atom stereocenters. The van der Waals surface area contributed by atoms with Gasteiger partial charge in [-0.15, -0.1) is 0 Å². The Balaban J connectivity index is 1.75. The monoisotopic (exact) mass is 517 g/mol. The molecule has 9 heteroatoms. The van der Waals surface area contributed by atoms with Gasteiger partial charge in [0, 0.05) is 23.7 Å². The molecule has 4 rings (SSSR count). The highest BCUT2D eigenvalue weighted by atomic mass is 16.5. The number of hydrogen-bond acceptors (Lipinski definition) is 7. The summed E-state index contributed by atoms with van der Waals surface area (Å²) in [5.74, 6) is 1.23. The highest BCUT2D eigenvalue weighted by Crippen LogP contribution is 2.33. The molecule has 0 aliphatic carbocycles. The van der Waals surface area contributed by atoms with Crippen LogP contribution in [0.25, 0.3) is 22.5 Å². The number of ether oxygens (including phenoxy) is 4. The number of hydrogen-bond donors (Lipinski definition) is 2. The number of aromatic nitrogens is 3. The van der Waals surface area contributed by atoms with Crippen LogP contribution in [0.15, 0.2) is 54.7 Å². The molecule has 0 amide bonds. The summed E-state index contributed by atoms with van der Waals surface area (Å²) in [7, 11) is 3.25. The maximum Gasteiger partial charge on any atom is 0.355 e. The minimum atomic E-state index is -0.518. The smallest absolute Gasteiger partial charge is 0.355 e. The lowest BCUT2D eigenvalue weighted by atomic mass is 10.0. The van der Waals surface area contributed by atoms with E-state index in [1.54, 1.807) is 34.3 Å². The Morgan fingerprint density at radius 2 is 1.45 bits per heavy atom. The van der Waals surface area contributed by atoms with Crippen LogP contribution in [-0.4, -0.2) is 54.3 Å². The van der Waals surface area contributed by atoms with Crippen molar-refractivity contribution in [2.75, 3.05) is 27.4 Å². The zero-order valence-corrected chi connectivity index (χ0v) is 21.9. The van der Waals surface area contributed by atoms with Crippen LogP contribution in [0.2, 0.25) is 0 Å². The maximum absolute atomic E-state index is 12.6. The minimum absolute atomic E-state index is 0.0573. The van der Waals surface area contributed by atoms with Crippen LogP contribution < -0.4 is 9.47 Å². The van der Waals surface area contributed by atoms with E-state index in [0.29, 0.717) is 17.8 Å². The van der Waals surface area contributed by atoms with Gasteiger partial charge in [-0.2, -0.15) is 0 Å². The van der Waals surface area contributed by atoms with Crippen molar-refractivity contribution in [2.24, 2.45) is 0 Å². The molecule has 2 heterocycles. The van der Waals surface area contributed by atoms with Crippen molar-refractivity contribution in [2.45, 2.75) is 26.7 Å². The third-order valence-corrected chi connectivity index (χ3v) is 6.04. The topological polar surface area (TPSA) is 116 Å². The van der Waals surface area contributed by atoms with Crippen LogP contribution >= 0.6 is 0 Å². The van der Waals surface area contributed by atoms with Crippen molar-refractivity contribution in [1.29, 1.82) is 0 Å². The number of aromatic amines is 2. The molecule has 0 fully saturated rings. The molecular formula is C29H31N3O6. The van der Waals surface area contributed by atoms with Crippen molar-refractivity contribution in [1.82, 2.24) is 15.0 Å². The number of imidazole rings is 1. The molecule has 2 N–H and O–H groups in total. The summed E-state index contributed by atoms with van der Waals surface area (Å²) in [5.41, 5.74) is 4.97. The average Bonchev–Trinajstić information content (AvgIpc) is 3.53. The number of methoxy groups -OCH3 is 2. The highest BCUT2D eigenvalue weighted by Gasteiger charge is 2.23. The quantitative estimate of drug-likeness (QED) is 0.270. The van der Waals surface area contributed by atoms with Gasteiger partial charge in [-0.1, -0.05) is 0 Å². The summed E-state index contributed by atoms with van der Waals surface area (Å²) in [6.07, 6.45) is 2.01. The van der Waals surface area contributed by atoms with Crippen molar-refractivity contribution < 1.29 is 28.5 Å². The van der Waals surface area contributed by atoms with Crippen LogP contribution in [0, 0.1) is 0 Å². The summed E-state index contributed by atoms with van der Waals surface area (Å²) in [6, 6.07) is 15.4. The normalized spacial score (nSPS) is 10.7. The lowest BCUT2D eigenvalue weighted by Gasteiger charge is -2.07. The highest BCUT2D eigenvalue weighted by molar-refractivity contribution is 5.91. The number of benzene rings is 2. The summed E-state index contributed by atoms with van der Waals surface area (Å²) in [5, 5.41) is 0. The second-order valence-corrected chi connectivity index (χ2v) is 8.41. The minimum Gasteiger partial charge on any atom is -0.497 e. The Morgan fingerprint density at radius 3 is 2.03 bits per heavy atom. The van der Waals surface area contributed by atoms with E-state index in [1.165, 1.54) is 0 Å². The summed E-state index contributed by atoms with van der Waals surface area (Å²) in [6.45, 7) is 3.95. The van der Waals surface area contributed by atoms with E-state index in [9.17, 15) is 9.59 Å². The number of carbonyl (C=O) groups is 2. The lowest BCUT2D eigenvalue weighted by molar-refractivity contribution is -0.142. The van der Waals surface area contributed by atoms with Gasteiger partial charge < -0.3 is 28.9 Å². The summed E-state index contributed by atoms with van der Waals surface area (Å²) in [4.78, 5) is 36.3. The SMILES string of the molecule is CCOC(=O)Cc1c(Cc2nc(-c3ccc(OC)cc3)c(-c3ccc(OC)cc3)[nH]2)c[nH]c1C(=O)OCC. The zero-order valence-electron chi connectivity index (χ0n) is 21.9. The van der Waals surface area contributed by atoms with E-state index in [1.807, 2.05) is 48.5 Å². The average molecular weight is 518 g/mol.